The highest BCUT2D eigenvalue weighted by atomic mass is 35.5. The number of anilines is 1. The minimum Gasteiger partial charge on any atom is -0.381 e. The van der Waals surface area contributed by atoms with Gasteiger partial charge in [-0.3, -0.25) is 0 Å². The molecule has 0 aromatic heterocycles. The van der Waals surface area contributed by atoms with E-state index in [1.54, 1.807) is 12.1 Å². The highest BCUT2D eigenvalue weighted by Crippen LogP contribution is 2.41. The molecule has 0 saturated heterocycles. The summed E-state index contributed by atoms with van der Waals surface area (Å²) >= 11 is 6.22. The predicted molar refractivity (Wildman–Crippen MR) is 89.6 cm³/mol. The monoisotopic (exact) mass is 304 g/mol. The molecule has 0 atom stereocenters. The Hall–Kier alpha value is -1.20. The Kier molecular flexibility index (Phi) is 5.17. The smallest absolute Gasteiger partial charge is 0.0992 e. The first kappa shape index (κ1) is 16.2. The second-order valence-electron chi connectivity index (χ2n) is 6.84. The Morgan fingerprint density at radius 1 is 1.29 bits per heavy atom. The Labute approximate surface area is 133 Å². The van der Waals surface area contributed by atoms with Crippen molar-refractivity contribution in [1.82, 2.24) is 0 Å². The van der Waals surface area contributed by atoms with Crippen LogP contribution in [-0.2, 0) is 0 Å². The first-order valence-corrected chi connectivity index (χ1v) is 8.30. The zero-order valence-corrected chi connectivity index (χ0v) is 14.0. The summed E-state index contributed by atoms with van der Waals surface area (Å²) in [4.78, 5) is 0. The fourth-order valence-electron chi connectivity index (χ4n) is 3.23. The Balaban J connectivity index is 1.97. The van der Waals surface area contributed by atoms with Crippen molar-refractivity contribution in [3.8, 4) is 6.07 Å². The van der Waals surface area contributed by atoms with Crippen LogP contribution in [0.5, 0.6) is 0 Å². The summed E-state index contributed by atoms with van der Waals surface area (Å²) in [5, 5.41) is 13.2. The van der Waals surface area contributed by atoms with E-state index in [9.17, 15) is 0 Å². The van der Waals surface area contributed by atoms with Crippen molar-refractivity contribution < 1.29 is 0 Å². The van der Waals surface area contributed by atoms with Crippen molar-refractivity contribution in [3.63, 3.8) is 0 Å². The van der Waals surface area contributed by atoms with E-state index in [1.165, 1.54) is 32.1 Å². The number of halogens is 1. The summed E-state index contributed by atoms with van der Waals surface area (Å²) in [6.45, 7) is 7.06. The molecule has 0 heterocycles. The lowest BCUT2D eigenvalue weighted by Crippen LogP contribution is -2.32. The van der Waals surface area contributed by atoms with Crippen LogP contribution in [0.4, 0.5) is 5.69 Å². The molecule has 2 nitrogen and oxygen atoms in total. The van der Waals surface area contributed by atoms with Crippen molar-refractivity contribution in [2.45, 2.75) is 58.9 Å². The number of rotatable bonds is 4. The molecule has 1 fully saturated rings. The van der Waals surface area contributed by atoms with Gasteiger partial charge in [-0.25, -0.2) is 0 Å². The largest absolute Gasteiger partial charge is 0.381 e. The number of nitrogens with zero attached hydrogens (tertiary/aromatic N) is 1. The Morgan fingerprint density at radius 3 is 2.52 bits per heavy atom. The van der Waals surface area contributed by atoms with E-state index in [-0.39, 0.29) is 0 Å². The van der Waals surface area contributed by atoms with Gasteiger partial charge in [0.15, 0.2) is 0 Å². The van der Waals surface area contributed by atoms with Gasteiger partial charge in [-0.15, -0.1) is 0 Å². The second-order valence-corrected chi connectivity index (χ2v) is 7.25. The zero-order valence-electron chi connectivity index (χ0n) is 13.2. The average Bonchev–Trinajstić information content (AvgIpc) is 2.50. The molecule has 1 saturated carbocycles. The SMILES string of the molecule is CCC(C)(C)C1CCC(Nc2cc(C#N)ccc2Cl)CC1. The van der Waals surface area contributed by atoms with Gasteiger partial charge < -0.3 is 5.32 Å². The van der Waals surface area contributed by atoms with Crippen LogP contribution in [0.25, 0.3) is 0 Å². The van der Waals surface area contributed by atoms with E-state index >= 15 is 0 Å². The Morgan fingerprint density at radius 2 is 1.95 bits per heavy atom. The van der Waals surface area contributed by atoms with Gasteiger partial charge in [-0.05, 0) is 55.2 Å². The summed E-state index contributed by atoms with van der Waals surface area (Å²) < 4.78 is 0. The highest BCUT2D eigenvalue weighted by molar-refractivity contribution is 6.33. The van der Waals surface area contributed by atoms with Gasteiger partial charge in [-0.1, -0.05) is 38.8 Å². The van der Waals surface area contributed by atoms with Gasteiger partial charge in [0.1, 0.15) is 0 Å². The molecule has 1 aromatic rings. The number of nitriles is 1. The first-order chi connectivity index (χ1) is 9.96. The molecule has 21 heavy (non-hydrogen) atoms. The third-order valence-electron chi connectivity index (χ3n) is 5.20. The fourth-order valence-corrected chi connectivity index (χ4v) is 3.41. The topological polar surface area (TPSA) is 35.8 Å². The van der Waals surface area contributed by atoms with Crippen LogP contribution in [0.2, 0.25) is 5.02 Å². The molecule has 0 radical (unpaired) electrons. The number of nitrogens with one attached hydrogen (secondary N) is 1. The van der Waals surface area contributed by atoms with Crippen LogP contribution in [0.15, 0.2) is 18.2 Å². The lowest BCUT2D eigenvalue weighted by molar-refractivity contribution is 0.147. The molecule has 1 aliphatic carbocycles. The molecule has 1 aliphatic rings. The number of hydrogen-bond acceptors (Lipinski definition) is 2. The molecule has 3 heteroatoms. The molecule has 0 aliphatic heterocycles. The second kappa shape index (κ2) is 6.71. The van der Waals surface area contributed by atoms with Crippen LogP contribution in [0, 0.1) is 22.7 Å². The van der Waals surface area contributed by atoms with Gasteiger partial charge >= 0.3 is 0 Å². The summed E-state index contributed by atoms with van der Waals surface area (Å²) in [7, 11) is 0. The molecule has 0 bridgehead atoms. The van der Waals surface area contributed by atoms with Crippen molar-refractivity contribution in [3.05, 3.63) is 28.8 Å². The number of benzene rings is 1. The molecule has 0 amide bonds. The van der Waals surface area contributed by atoms with Gasteiger partial charge in [0.25, 0.3) is 0 Å². The van der Waals surface area contributed by atoms with Gasteiger partial charge in [0, 0.05) is 6.04 Å². The van der Waals surface area contributed by atoms with Crippen LogP contribution in [-0.4, -0.2) is 6.04 Å². The third kappa shape index (κ3) is 3.92. The highest BCUT2D eigenvalue weighted by Gasteiger charge is 2.31. The fraction of sp³-hybridized carbons (Fsp3) is 0.611. The van der Waals surface area contributed by atoms with Gasteiger partial charge in [0.05, 0.1) is 22.3 Å². The zero-order chi connectivity index (χ0) is 15.5. The average molecular weight is 305 g/mol. The van der Waals surface area contributed by atoms with E-state index in [1.807, 2.05) is 6.07 Å². The minimum absolute atomic E-state index is 0.448. The normalized spacial score (nSPS) is 22.6. The molecule has 2 rings (SSSR count). The van der Waals surface area contributed by atoms with Gasteiger partial charge in [0.2, 0.25) is 0 Å². The van der Waals surface area contributed by atoms with Crippen LogP contribution < -0.4 is 5.32 Å². The maximum absolute atomic E-state index is 8.99. The van der Waals surface area contributed by atoms with Crippen molar-refractivity contribution in [2.75, 3.05) is 5.32 Å². The van der Waals surface area contributed by atoms with Crippen LogP contribution in [0.1, 0.15) is 58.4 Å². The van der Waals surface area contributed by atoms with E-state index < -0.39 is 0 Å². The molecule has 1 aromatic carbocycles. The predicted octanol–water partition coefficient (Wildman–Crippen LogP) is 5.62. The lowest BCUT2D eigenvalue weighted by Gasteiger charge is -2.39. The van der Waals surface area contributed by atoms with Crippen molar-refractivity contribution >= 4 is 17.3 Å². The van der Waals surface area contributed by atoms with Gasteiger partial charge in [-0.2, -0.15) is 5.26 Å². The molecule has 114 valence electrons. The van der Waals surface area contributed by atoms with Crippen molar-refractivity contribution in [2.24, 2.45) is 11.3 Å². The summed E-state index contributed by atoms with van der Waals surface area (Å²) in [6, 6.07) is 8.05. The maximum Gasteiger partial charge on any atom is 0.0992 e. The molecular weight excluding hydrogens is 280 g/mol. The summed E-state index contributed by atoms with van der Waals surface area (Å²) in [6.07, 6.45) is 6.15. The first-order valence-electron chi connectivity index (χ1n) is 7.92. The molecule has 1 N–H and O–H groups in total. The van der Waals surface area contributed by atoms with Crippen molar-refractivity contribution in [1.29, 1.82) is 5.26 Å². The standard InChI is InChI=1S/C18H25ClN2/c1-4-18(2,3)14-6-8-15(9-7-14)21-17-11-13(12-20)5-10-16(17)19/h5,10-11,14-15,21H,4,6-9H2,1-3H3. The van der Waals surface area contributed by atoms with E-state index in [0.717, 1.165) is 11.6 Å². The van der Waals surface area contributed by atoms with E-state index in [4.69, 9.17) is 16.9 Å². The van der Waals surface area contributed by atoms with Crippen LogP contribution >= 0.6 is 11.6 Å². The quantitative estimate of drug-likeness (QED) is 0.783. The van der Waals surface area contributed by atoms with Crippen LogP contribution in [0.3, 0.4) is 0 Å². The summed E-state index contributed by atoms with van der Waals surface area (Å²) in [5.74, 6) is 0.821. The van der Waals surface area contributed by atoms with E-state index in [2.05, 4.69) is 32.2 Å². The molecular formula is C18H25ClN2. The molecule has 0 spiro atoms. The third-order valence-corrected chi connectivity index (χ3v) is 5.53. The number of hydrogen-bond donors (Lipinski definition) is 1. The maximum atomic E-state index is 8.99. The minimum atomic E-state index is 0.448. The lowest BCUT2D eigenvalue weighted by atomic mass is 9.69. The molecule has 0 unspecified atom stereocenters. The summed E-state index contributed by atoms with van der Waals surface area (Å²) in [5.41, 5.74) is 2.00. The van der Waals surface area contributed by atoms with E-state index in [0.29, 0.717) is 22.0 Å². The Bertz CT molecular complexity index is 523.